The van der Waals surface area contributed by atoms with Crippen LogP contribution in [0.2, 0.25) is 5.02 Å². The molecule has 0 aliphatic heterocycles. The van der Waals surface area contributed by atoms with E-state index < -0.39 is 239 Å². The third-order valence-corrected chi connectivity index (χ3v) is 21.8. The number of halogens is 11. The Morgan fingerprint density at radius 1 is 0.787 bits per heavy atom. The lowest BCUT2D eigenvalue weighted by molar-refractivity contribution is -0.165. The van der Waals surface area contributed by atoms with Crippen LogP contribution in [-0.4, -0.2) is 124 Å². The van der Waals surface area contributed by atoms with Gasteiger partial charge in [0, 0.05) is 52.3 Å². The number of carbonyl (C=O) groups is 5. The number of nitrogens with one attached hydrogen (secondary N) is 2. The number of phosphoric ester groups is 1. The zero-order valence-corrected chi connectivity index (χ0v) is 65.1. The number of esters is 2. The predicted molar refractivity (Wildman–Crippen MR) is 377 cm³/mol. The number of hydrogen-bond donors (Lipinski definition) is 2. The zero-order valence-electron chi connectivity index (χ0n) is 61.8. The number of carbonyl (C=O) groups excluding carboxylic acids is 5. The van der Waals surface area contributed by atoms with Crippen LogP contribution in [0.25, 0.3) is 22.0 Å². The number of alkyl halides is 8. The number of aryl methyl sites for hydroxylation is 1. The van der Waals surface area contributed by atoms with E-state index in [0.717, 1.165) is 42.7 Å². The van der Waals surface area contributed by atoms with E-state index >= 15 is 35.5 Å². The Morgan fingerprint density at radius 3 is 1.93 bits per heavy atom. The van der Waals surface area contributed by atoms with Crippen molar-refractivity contribution in [1.82, 2.24) is 35.2 Å². The van der Waals surface area contributed by atoms with E-state index in [1.54, 1.807) is 20.8 Å². The third kappa shape index (κ3) is 20.4. The molecule has 2 aliphatic rings. The number of fused-ring (bicyclic) bond motifs is 4. The number of anilines is 1. The maximum atomic E-state index is 15.9. The minimum Gasteiger partial charge on any atom is -0.460 e. The standard InChI is InChI=1S/C71H82ClF10N8O15PS2/c1-36(2)103-106(96,104-37(3)4)105-51-25-38(5)24-40(29-52(91)85-50(64(95)102-66(9,10)11)32-55(94)101-65(6,7)8)58(51)67(12,13)33-54(93)90(108(17,99)100)63-57-48(72)21-20-45(60(57)89(87-63)35-69(75,76)77)44-19-18-43(22-23-68(14,15)107(16,97)98)83-59(44)49(28-39-26-41(73)30-42(74)27-39)84-53(92)34-88-62-56(61(86-88)71(80,81)82)46-31-47(46)70(62,78)79/h18-21,24-27,30,36-37,46-47,49-50H,28-29,31-35H2,1-17H3,(H,84,92)(H,85,91)/t46-,47+,49-,50-/m0/s1. The quantitative estimate of drug-likeness (QED) is 0.0221. The van der Waals surface area contributed by atoms with Crippen LogP contribution in [0, 0.1) is 36.3 Å². The highest BCUT2D eigenvalue weighted by molar-refractivity contribution is 7.93. The van der Waals surface area contributed by atoms with E-state index in [-0.39, 0.29) is 48.2 Å². The van der Waals surface area contributed by atoms with Crippen molar-refractivity contribution in [3.63, 3.8) is 0 Å². The van der Waals surface area contributed by atoms with E-state index in [9.17, 15) is 53.8 Å². The first-order valence-electron chi connectivity index (χ1n) is 33.6. The highest BCUT2D eigenvalue weighted by Gasteiger charge is 2.68. The maximum absolute atomic E-state index is 15.9. The lowest BCUT2D eigenvalue weighted by Gasteiger charge is -2.33. The number of ether oxygens (including phenoxy) is 2. The first kappa shape index (κ1) is 85.4. The van der Waals surface area contributed by atoms with Gasteiger partial charge in [-0.05, 0) is 168 Å². The molecule has 108 heavy (non-hydrogen) atoms. The zero-order chi connectivity index (χ0) is 81.3. The molecular formula is C71H82ClF10N8O15PS2. The van der Waals surface area contributed by atoms with Crippen molar-refractivity contribution >= 4 is 85.7 Å². The summed E-state index contributed by atoms with van der Waals surface area (Å²) in [7, 11) is -14.0. The largest absolute Gasteiger partial charge is 0.530 e. The molecule has 3 heterocycles. The van der Waals surface area contributed by atoms with Crippen LogP contribution in [0.3, 0.4) is 0 Å². The van der Waals surface area contributed by atoms with Gasteiger partial charge in [-0.1, -0.05) is 43.5 Å². The maximum Gasteiger partial charge on any atom is 0.530 e. The Kier molecular flexibility index (Phi) is 24.2. The van der Waals surface area contributed by atoms with E-state index in [4.69, 9.17) is 34.6 Å². The van der Waals surface area contributed by atoms with Crippen LogP contribution in [0.15, 0.2) is 54.6 Å². The van der Waals surface area contributed by atoms with Crippen molar-refractivity contribution in [3.05, 3.63) is 122 Å². The van der Waals surface area contributed by atoms with Gasteiger partial charge in [0.1, 0.15) is 63.9 Å². The highest BCUT2D eigenvalue weighted by Crippen LogP contribution is 2.68. The topological polar surface area (TPSA) is 293 Å². The number of amides is 3. The summed E-state index contributed by atoms with van der Waals surface area (Å²) in [6.45, 7) is 18.4. The summed E-state index contributed by atoms with van der Waals surface area (Å²) in [5, 5.41) is 11.2. The van der Waals surface area contributed by atoms with Gasteiger partial charge >= 0.3 is 32.1 Å². The number of aromatic nitrogens is 5. The molecule has 1 saturated carbocycles. The summed E-state index contributed by atoms with van der Waals surface area (Å²) >= 11 is 6.98. The molecule has 8 rings (SSSR count). The molecule has 37 heteroatoms. The first-order valence-corrected chi connectivity index (χ1v) is 39.1. The minimum atomic E-state index is -5.30. The van der Waals surface area contributed by atoms with Gasteiger partial charge in [0.15, 0.2) is 21.3 Å². The SMILES string of the molecule is Cc1cc(CC(=O)N[C@@H](CC(=O)OC(C)(C)C)C(=O)OC(C)(C)C)c(C(C)(C)CC(=O)N(c2nn(CC(F)(F)F)c3c(-c4ccc(C#CC(C)(C)S(C)(=O)=O)nc4[C@H](Cc4cc(F)cc(F)c4)NC(=O)Cn4nc(C(F)(F)F)c5c4C(F)(F)[C@@H]4C[C@H]54)ccc(Cl)c23)S(C)(=O)=O)c(OP(=O)(OC(C)C)OC(C)C)c1. The summed E-state index contributed by atoms with van der Waals surface area (Å²) < 4.78 is 249. The average Bonchev–Trinajstić information content (AvgIpc) is 1.51. The lowest BCUT2D eigenvalue weighted by Crippen LogP contribution is -2.46. The minimum absolute atomic E-state index is 0.0313. The van der Waals surface area contributed by atoms with Gasteiger partial charge in [0.25, 0.3) is 5.92 Å². The van der Waals surface area contributed by atoms with Crippen LogP contribution < -0.4 is 19.5 Å². The summed E-state index contributed by atoms with van der Waals surface area (Å²) in [5.74, 6) is -11.3. The number of nitrogens with zero attached hydrogens (tertiary/aromatic N) is 6. The first-order chi connectivity index (χ1) is 49.2. The normalized spacial score (nSPS) is 16.1. The molecule has 0 unspecified atom stereocenters. The number of sulfonamides is 1. The van der Waals surface area contributed by atoms with Gasteiger partial charge in [-0.2, -0.15) is 49.6 Å². The number of phosphoric acid groups is 1. The highest BCUT2D eigenvalue weighted by atomic mass is 35.5. The lowest BCUT2D eigenvalue weighted by atomic mass is 9.77. The van der Waals surface area contributed by atoms with Crippen LogP contribution >= 0.6 is 19.4 Å². The predicted octanol–water partition coefficient (Wildman–Crippen LogP) is 13.7. The Bertz CT molecular complexity index is 4890. The van der Waals surface area contributed by atoms with Crippen molar-refractivity contribution in [2.24, 2.45) is 5.92 Å². The molecule has 2 N–H and O–H groups in total. The van der Waals surface area contributed by atoms with Gasteiger partial charge in [-0.3, -0.25) is 37.6 Å². The number of pyridine rings is 1. The third-order valence-electron chi connectivity index (χ3n) is 16.7. The van der Waals surface area contributed by atoms with Crippen molar-refractivity contribution in [2.45, 2.75) is 219 Å². The second-order valence-corrected chi connectivity index (χ2v) is 36.6. The average molecular weight is 1610 g/mol. The number of sulfone groups is 1. The molecule has 590 valence electrons. The second-order valence-electron chi connectivity index (χ2n) is 30.3. The molecule has 3 aromatic heterocycles. The molecule has 0 bridgehead atoms. The summed E-state index contributed by atoms with van der Waals surface area (Å²) in [5.41, 5.74) is -10.7. The van der Waals surface area contributed by atoms with Gasteiger partial charge in [0.2, 0.25) is 27.7 Å². The van der Waals surface area contributed by atoms with Crippen LogP contribution in [0.4, 0.5) is 49.7 Å². The van der Waals surface area contributed by atoms with Crippen molar-refractivity contribution in [1.29, 1.82) is 0 Å². The Balaban J connectivity index is 1.34. The van der Waals surface area contributed by atoms with Crippen molar-refractivity contribution < 1.29 is 112 Å². The number of hydrogen-bond acceptors (Lipinski definition) is 18. The molecule has 3 aromatic carbocycles. The molecule has 0 spiro atoms. The van der Waals surface area contributed by atoms with Gasteiger partial charge < -0.3 is 24.6 Å². The summed E-state index contributed by atoms with van der Waals surface area (Å²) in [4.78, 5) is 76.4. The molecule has 3 amide bonds. The molecule has 0 saturated heterocycles. The second kappa shape index (κ2) is 30.6. The molecule has 1 fully saturated rings. The Morgan fingerprint density at radius 2 is 1.38 bits per heavy atom. The van der Waals surface area contributed by atoms with Gasteiger partial charge in [-0.25, -0.2) is 40.0 Å². The van der Waals surface area contributed by atoms with E-state index in [0.29, 0.717) is 17.9 Å². The molecule has 4 atom stereocenters. The van der Waals surface area contributed by atoms with Gasteiger partial charge in [0.05, 0.1) is 59.0 Å². The van der Waals surface area contributed by atoms with Crippen molar-refractivity contribution in [2.75, 3.05) is 16.8 Å². The number of rotatable bonds is 26. The molecule has 2 aliphatic carbocycles. The Labute approximate surface area is 622 Å². The monoisotopic (exact) mass is 1610 g/mol. The molecule has 23 nitrogen and oxygen atoms in total. The fourth-order valence-electron chi connectivity index (χ4n) is 12.4. The van der Waals surface area contributed by atoms with Crippen molar-refractivity contribution in [3.8, 4) is 28.7 Å². The Hall–Kier alpha value is -8.16. The molecular weight excluding hydrogens is 1530 g/mol. The fraction of sp³-hybridized carbons (Fsp3) is 0.521. The smallest absolute Gasteiger partial charge is 0.460 e. The summed E-state index contributed by atoms with van der Waals surface area (Å²) in [6, 6.07) is 5.45. The van der Waals surface area contributed by atoms with E-state index in [1.807, 2.05) is 0 Å². The summed E-state index contributed by atoms with van der Waals surface area (Å²) in [6.07, 6.45) is -14.7. The van der Waals surface area contributed by atoms with Crippen LogP contribution in [-0.2, 0) is 110 Å². The van der Waals surface area contributed by atoms with E-state index in [1.165, 1.54) is 95.2 Å². The number of benzene rings is 3. The van der Waals surface area contributed by atoms with Gasteiger partial charge in [-0.15, -0.1) is 0 Å². The van der Waals surface area contributed by atoms with Crippen LogP contribution in [0.5, 0.6) is 5.75 Å². The molecule has 6 aromatic rings. The van der Waals surface area contributed by atoms with Crippen LogP contribution in [0.1, 0.15) is 179 Å². The molecule has 0 radical (unpaired) electrons. The van der Waals surface area contributed by atoms with E-state index in [2.05, 4.69) is 37.7 Å². The fourth-order valence-corrected chi connectivity index (χ4v) is 15.3.